The molecule has 1 nitrogen and oxygen atoms in total. The summed E-state index contributed by atoms with van der Waals surface area (Å²) in [6.45, 7) is 4.40. The molecule has 0 fully saturated rings. The second kappa shape index (κ2) is 6.36. The van der Waals surface area contributed by atoms with Crippen molar-refractivity contribution in [3.05, 3.63) is 96.8 Å². The molecular weight excluding hydrogens is 429 g/mol. The number of aryl methyl sites for hydroxylation is 1. The second-order valence-corrected chi connectivity index (χ2v) is 6.70. The molecule has 1 aromatic heterocycles. The number of rotatable bonds is 2. The van der Waals surface area contributed by atoms with Crippen molar-refractivity contribution in [1.82, 2.24) is 0 Å². The van der Waals surface area contributed by atoms with Crippen LogP contribution in [0.15, 0.2) is 85.7 Å². The van der Waals surface area contributed by atoms with Crippen LogP contribution >= 0.6 is 0 Å². The average molecular weight is 447 g/mol. The summed E-state index contributed by atoms with van der Waals surface area (Å²) in [6.07, 6.45) is 4.13. The molecule has 26 heavy (non-hydrogen) atoms. The first-order chi connectivity index (χ1) is 12.2. The Morgan fingerprint density at radius 1 is 0.731 bits per heavy atom. The fourth-order valence-corrected chi connectivity index (χ4v) is 3.86. The molecule has 126 valence electrons. The fourth-order valence-electron chi connectivity index (χ4n) is 3.86. The van der Waals surface area contributed by atoms with Gasteiger partial charge in [-0.3, -0.25) is 0 Å². The zero-order chi connectivity index (χ0) is 17.0. The third-order valence-electron chi connectivity index (χ3n) is 5.18. The fraction of sp³-hybridized carbons (Fsp3) is 0.0417. The van der Waals surface area contributed by atoms with E-state index in [-0.39, 0.29) is 24.0 Å². The van der Waals surface area contributed by atoms with Crippen molar-refractivity contribution in [2.75, 3.05) is 0 Å². The largest absolute Gasteiger partial charge is 1.00 e. The van der Waals surface area contributed by atoms with E-state index in [1.54, 1.807) is 0 Å². The van der Waals surface area contributed by atoms with Crippen LogP contribution in [0, 0.1) is 0 Å². The molecule has 5 rings (SSSR count). The molecule has 0 atom stereocenters. The molecule has 0 saturated heterocycles. The van der Waals surface area contributed by atoms with E-state index < -0.39 is 0 Å². The first-order valence-electron chi connectivity index (χ1n) is 8.54. The van der Waals surface area contributed by atoms with Gasteiger partial charge in [0.1, 0.15) is 7.05 Å². The first kappa shape index (κ1) is 17.0. The Morgan fingerprint density at radius 3 is 2.00 bits per heavy atom. The molecule has 0 N–H and O–H groups in total. The highest BCUT2D eigenvalue weighted by Crippen LogP contribution is 2.38. The normalized spacial score (nSPS) is 11.1. The van der Waals surface area contributed by atoms with Crippen LogP contribution in [0.1, 0.15) is 11.1 Å². The number of hydrogen-bond acceptors (Lipinski definition) is 0. The Kier molecular flexibility index (Phi) is 4.16. The van der Waals surface area contributed by atoms with Gasteiger partial charge in [-0.2, -0.15) is 0 Å². The maximum atomic E-state index is 4.40. The van der Waals surface area contributed by atoms with E-state index in [0.717, 1.165) is 11.1 Å². The lowest BCUT2D eigenvalue weighted by Gasteiger charge is -2.15. The molecule has 0 aliphatic carbocycles. The number of nitrogens with zero attached hydrogens (tertiary/aromatic N) is 1. The van der Waals surface area contributed by atoms with Gasteiger partial charge in [0.15, 0.2) is 12.4 Å². The van der Waals surface area contributed by atoms with Gasteiger partial charge < -0.3 is 24.0 Å². The van der Waals surface area contributed by atoms with Gasteiger partial charge in [-0.05, 0) is 49.0 Å². The molecule has 2 heteroatoms. The first-order valence-corrected chi connectivity index (χ1v) is 8.54. The summed E-state index contributed by atoms with van der Waals surface area (Å²) in [4.78, 5) is 0. The maximum Gasteiger partial charge on any atom is 0.169 e. The van der Waals surface area contributed by atoms with E-state index in [4.69, 9.17) is 0 Å². The van der Waals surface area contributed by atoms with Crippen LogP contribution in [0.4, 0.5) is 0 Å². The molecule has 0 spiro atoms. The van der Waals surface area contributed by atoms with Crippen molar-refractivity contribution in [3.63, 3.8) is 0 Å². The smallest absolute Gasteiger partial charge is 0.169 e. The number of benzene rings is 4. The Hall–Kier alpha value is -2.46. The number of aromatic nitrogens is 1. The molecule has 0 aliphatic rings. The van der Waals surface area contributed by atoms with Gasteiger partial charge in [-0.25, -0.2) is 4.57 Å². The van der Waals surface area contributed by atoms with E-state index in [9.17, 15) is 0 Å². The van der Waals surface area contributed by atoms with Crippen LogP contribution in [0.25, 0.3) is 37.9 Å². The van der Waals surface area contributed by atoms with Gasteiger partial charge in [0.05, 0.1) is 0 Å². The number of halogens is 1. The van der Waals surface area contributed by atoms with Crippen molar-refractivity contribution in [2.45, 2.75) is 0 Å². The Labute approximate surface area is 169 Å². The molecule has 0 aliphatic heterocycles. The van der Waals surface area contributed by atoms with Crippen molar-refractivity contribution >= 4 is 37.9 Å². The van der Waals surface area contributed by atoms with Crippen LogP contribution in [0.2, 0.25) is 0 Å². The van der Waals surface area contributed by atoms with Gasteiger partial charge in [-0.1, -0.05) is 61.2 Å². The van der Waals surface area contributed by atoms with Crippen molar-refractivity contribution in [1.29, 1.82) is 0 Å². The molecule has 0 bridgehead atoms. The third kappa shape index (κ3) is 2.48. The summed E-state index contributed by atoms with van der Waals surface area (Å²) in [5, 5.41) is 7.85. The van der Waals surface area contributed by atoms with Crippen molar-refractivity contribution in [3.8, 4) is 0 Å². The van der Waals surface area contributed by atoms with E-state index in [2.05, 4.69) is 85.7 Å². The average Bonchev–Trinajstić information content (AvgIpc) is 2.66. The lowest BCUT2D eigenvalue weighted by Crippen LogP contribution is -3.00. The SMILES string of the molecule is C=C(c1cc[n+](C)cc1)c1ccc2ccc3cccc4ccc1c2c34.[I-]. The van der Waals surface area contributed by atoms with Gasteiger partial charge in [-0.15, -0.1) is 0 Å². The van der Waals surface area contributed by atoms with Crippen molar-refractivity contribution in [2.24, 2.45) is 7.05 Å². The minimum absolute atomic E-state index is 0. The van der Waals surface area contributed by atoms with Gasteiger partial charge in [0.25, 0.3) is 0 Å². The Bertz CT molecular complexity index is 1240. The topological polar surface area (TPSA) is 3.88 Å². The molecule has 0 unspecified atom stereocenters. The summed E-state index contributed by atoms with van der Waals surface area (Å²) in [7, 11) is 2.03. The molecular formula is C24H18IN. The highest BCUT2D eigenvalue weighted by Gasteiger charge is 2.13. The number of pyridine rings is 1. The Morgan fingerprint density at radius 2 is 1.31 bits per heavy atom. The lowest BCUT2D eigenvalue weighted by molar-refractivity contribution is -0.671. The van der Waals surface area contributed by atoms with Crippen LogP contribution in [-0.2, 0) is 7.05 Å². The van der Waals surface area contributed by atoms with E-state index in [1.165, 1.54) is 37.9 Å². The van der Waals surface area contributed by atoms with Crippen LogP contribution in [0.3, 0.4) is 0 Å². The molecule has 0 amide bonds. The standard InChI is InChI=1S/C24H18N.HI/c1-16(17-12-14-25(2)15-13-17)21-10-8-20-7-6-18-4-3-5-19-9-11-22(21)24(20)23(18)19;/h3-15H,1H2,2H3;1H/q+1;/p-1. The molecule has 1 heterocycles. The van der Waals surface area contributed by atoms with E-state index >= 15 is 0 Å². The molecule has 5 aromatic rings. The van der Waals surface area contributed by atoms with Gasteiger partial charge in [0, 0.05) is 12.1 Å². The quantitative estimate of drug-likeness (QED) is 0.223. The summed E-state index contributed by atoms with van der Waals surface area (Å²) < 4.78 is 2.04. The zero-order valence-electron chi connectivity index (χ0n) is 14.5. The summed E-state index contributed by atoms with van der Waals surface area (Å²) in [5.74, 6) is 0. The second-order valence-electron chi connectivity index (χ2n) is 6.70. The predicted molar refractivity (Wildman–Crippen MR) is 106 cm³/mol. The summed E-state index contributed by atoms with van der Waals surface area (Å²) >= 11 is 0. The lowest BCUT2D eigenvalue weighted by atomic mass is 9.88. The van der Waals surface area contributed by atoms with Crippen molar-refractivity contribution < 1.29 is 28.5 Å². The minimum atomic E-state index is 0. The van der Waals surface area contributed by atoms with E-state index in [0.29, 0.717) is 0 Å². The summed E-state index contributed by atoms with van der Waals surface area (Å²) in [6, 6.07) is 24.1. The van der Waals surface area contributed by atoms with Crippen LogP contribution in [0.5, 0.6) is 0 Å². The highest BCUT2D eigenvalue weighted by molar-refractivity contribution is 6.24. The molecule has 0 radical (unpaired) electrons. The monoisotopic (exact) mass is 447 g/mol. The zero-order valence-corrected chi connectivity index (χ0v) is 16.7. The van der Waals surface area contributed by atoms with Crippen LogP contribution < -0.4 is 28.5 Å². The van der Waals surface area contributed by atoms with Gasteiger partial charge in [0.2, 0.25) is 0 Å². The minimum Gasteiger partial charge on any atom is -1.00 e. The van der Waals surface area contributed by atoms with E-state index in [1.807, 2.05) is 11.6 Å². The summed E-state index contributed by atoms with van der Waals surface area (Å²) in [5.41, 5.74) is 3.44. The van der Waals surface area contributed by atoms with Crippen LogP contribution in [-0.4, -0.2) is 0 Å². The van der Waals surface area contributed by atoms with Gasteiger partial charge >= 0.3 is 0 Å². The Balaban J connectivity index is 0.00000168. The third-order valence-corrected chi connectivity index (χ3v) is 5.18. The maximum absolute atomic E-state index is 4.40. The highest BCUT2D eigenvalue weighted by atomic mass is 127. The number of hydrogen-bond donors (Lipinski definition) is 0. The molecule has 0 saturated carbocycles. The predicted octanol–water partition coefficient (Wildman–Crippen LogP) is 2.47. The molecule has 4 aromatic carbocycles.